The summed E-state index contributed by atoms with van der Waals surface area (Å²) in [6.07, 6.45) is 0.449. The maximum Gasteiger partial charge on any atom is 0.221 e. The molecule has 1 aromatic rings. The quantitative estimate of drug-likeness (QED) is 0.840. The van der Waals surface area contributed by atoms with Gasteiger partial charge in [-0.2, -0.15) is 5.26 Å². The molecule has 0 radical (unpaired) electrons. The van der Waals surface area contributed by atoms with Crippen molar-refractivity contribution in [2.45, 2.75) is 26.3 Å². The molecule has 3 heteroatoms. The molecule has 1 aromatic carbocycles. The average Bonchev–Trinajstić information content (AvgIpc) is 2.26. The topological polar surface area (TPSA) is 52.9 Å². The minimum Gasteiger partial charge on any atom is -0.337 e. The first-order chi connectivity index (χ1) is 7.63. The summed E-state index contributed by atoms with van der Waals surface area (Å²) in [6.45, 7) is 3.95. The SMILES string of the molecule is CC(C)CC(=O)NC(C#N)c1ccccc1. The normalized spacial score (nSPS) is 11.9. The van der Waals surface area contributed by atoms with Crippen LogP contribution in [0.2, 0.25) is 0 Å². The summed E-state index contributed by atoms with van der Waals surface area (Å²) in [7, 11) is 0. The Bertz CT molecular complexity index is 379. The summed E-state index contributed by atoms with van der Waals surface area (Å²) in [5.41, 5.74) is 0.821. The number of carbonyl (C=O) groups is 1. The van der Waals surface area contributed by atoms with E-state index in [1.54, 1.807) is 0 Å². The number of amides is 1. The van der Waals surface area contributed by atoms with Crippen LogP contribution in [0.5, 0.6) is 0 Å². The van der Waals surface area contributed by atoms with Gasteiger partial charge in [-0.25, -0.2) is 0 Å². The number of nitrogens with one attached hydrogen (secondary N) is 1. The molecule has 0 aromatic heterocycles. The molecule has 0 spiro atoms. The summed E-state index contributed by atoms with van der Waals surface area (Å²) in [4.78, 5) is 11.5. The van der Waals surface area contributed by atoms with Crippen molar-refractivity contribution in [3.8, 4) is 6.07 Å². The number of benzene rings is 1. The Balaban J connectivity index is 2.64. The molecule has 0 saturated heterocycles. The molecule has 0 saturated carbocycles. The van der Waals surface area contributed by atoms with Gasteiger partial charge in [-0.1, -0.05) is 44.2 Å². The highest BCUT2D eigenvalue weighted by Crippen LogP contribution is 2.12. The van der Waals surface area contributed by atoms with E-state index in [0.717, 1.165) is 5.56 Å². The van der Waals surface area contributed by atoms with Gasteiger partial charge in [0.15, 0.2) is 0 Å². The molecule has 16 heavy (non-hydrogen) atoms. The van der Waals surface area contributed by atoms with Crippen LogP contribution in [0.25, 0.3) is 0 Å². The Kier molecular flexibility index (Phi) is 4.53. The van der Waals surface area contributed by atoms with Gasteiger partial charge in [0.2, 0.25) is 5.91 Å². The summed E-state index contributed by atoms with van der Waals surface area (Å²) in [5.74, 6) is 0.223. The van der Waals surface area contributed by atoms with Crippen molar-refractivity contribution in [1.29, 1.82) is 5.26 Å². The van der Waals surface area contributed by atoms with Crippen molar-refractivity contribution in [3.63, 3.8) is 0 Å². The lowest BCUT2D eigenvalue weighted by Crippen LogP contribution is -2.28. The molecule has 0 aliphatic heterocycles. The lowest BCUT2D eigenvalue weighted by molar-refractivity contribution is -0.122. The molecule has 0 aliphatic carbocycles. The number of hydrogen-bond acceptors (Lipinski definition) is 2. The van der Waals surface area contributed by atoms with E-state index in [9.17, 15) is 4.79 Å². The van der Waals surface area contributed by atoms with E-state index >= 15 is 0 Å². The van der Waals surface area contributed by atoms with E-state index in [4.69, 9.17) is 5.26 Å². The van der Waals surface area contributed by atoms with Crippen LogP contribution < -0.4 is 5.32 Å². The van der Waals surface area contributed by atoms with Gasteiger partial charge >= 0.3 is 0 Å². The summed E-state index contributed by atoms with van der Waals surface area (Å²) < 4.78 is 0. The second-order valence-corrected chi connectivity index (χ2v) is 4.14. The number of carbonyl (C=O) groups excluding carboxylic acids is 1. The highest BCUT2D eigenvalue weighted by atomic mass is 16.1. The molecule has 0 heterocycles. The van der Waals surface area contributed by atoms with Crippen LogP contribution in [0.4, 0.5) is 0 Å². The molecule has 84 valence electrons. The first-order valence-corrected chi connectivity index (χ1v) is 5.37. The second kappa shape index (κ2) is 5.92. The van der Waals surface area contributed by atoms with Crippen molar-refractivity contribution in [2.75, 3.05) is 0 Å². The first-order valence-electron chi connectivity index (χ1n) is 5.37. The van der Waals surface area contributed by atoms with Gasteiger partial charge in [-0.05, 0) is 11.5 Å². The fourth-order valence-corrected chi connectivity index (χ4v) is 1.43. The standard InChI is InChI=1S/C13H16N2O/c1-10(2)8-13(16)15-12(9-14)11-6-4-3-5-7-11/h3-7,10,12H,8H2,1-2H3,(H,15,16). The van der Waals surface area contributed by atoms with Gasteiger partial charge < -0.3 is 5.32 Å². The fourth-order valence-electron chi connectivity index (χ4n) is 1.43. The maximum absolute atomic E-state index is 11.5. The minimum atomic E-state index is -0.549. The third kappa shape index (κ3) is 3.74. The van der Waals surface area contributed by atoms with Crippen LogP contribution in [-0.2, 0) is 4.79 Å². The molecule has 0 fully saturated rings. The Morgan fingerprint density at radius 3 is 2.50 bits per heavy atom. The fraction of sp³-hybridized carbons (Fsp3) is 0.385. The van der Waals surface area contributed by atoms with Crippen LogP contribution in [0.15, 0.2) is 30.3 Å². The highest BCUT2D eigenvalue weighted by Gasteiger charge is 2.13. The van der Waals surface area contributed by atoms with Gasteiger partial charge in [0.1, 0.15) is 6.04 Å². The van der Waals surface area contributed by atoms with Gasteiger partial charge in [0, 0.05) is 6.42 Å². The van der Waals surface area contributed by atoms with Crippen LogP contribution >= 0.6 is 0 Å². The van der Waals surface area contributed by atoms with Gasteiger partial charge in [-0.15, -0.1) is 0 Å². The third-order valence-corrected chi connectivity index (χ3v) is 2.16. The van der Waals surface area contributed by atoms with E-state index in [2.05, 4.69) is 11.4 Å². The average molecular weight is 216 g/mol. The molecule has 1 N–H and O–H groups in total. The monoisotopic (exact) mass is 216 g/mol. The molecule has 1 amide bonds. The minimum absolute atomic E-state index is 0.0783. The summed E-state index contributed by atoms with van der Waals surface area (Å²) >= 11 is 0. The molecule has 3 nitrogen and oxygen atoms in total. The summed E-state index contributed by atoms with van der Waals surface area (Å²) in [6, 6.07) is 10.8. The van der Waals surface area contributed by atoms with Crippen molar-refractivity contribution in [3.05, 3.63) is 35.9 Å². The van der Waals surface area contributed by atoms with Crippen LogP contribution in [-0.4, -0.2) is 5.91 Å². The van der Waals surface area contributed by atoms with E-state index in [0.29, 0.717) is 12.3 Å². The molecule has 1 rings (SSSR count). The number of nitrogens with zero attached hydrogens (tertiary/aromatic N) is 1. The molecule has 0 aliphatic rings. The van der Waals surface area contributed by atoms with Gasteiger partial charge in [0.05, 0.1) is 6.07 Å². The lowest BCUT2D eigenvalue weighted by atomic mass is 10.1. The molecular weight excluding hydrogens is 200 g/mol. The van der Waals surface area contributed by atoms with E-state index < -0.39 is 6.04 Å². The zero-order valence-electron chi connectivity index (χ0n) is 9.60. The van der Waals surface area contributed by atoms with Crippen molar-refractivity contribution < 1.29 is 4.79 Å². The van der Waals surface area contributed by atoms with E-state index in [-0.39, 0.29) is 5.91 Å². The maximum atomic E-state index is 11.5. The number of rotatable bonds is 4. The van der Waals surface area contributed by atoms with Crippen LogP contribution in [0.3, 0.4) is 0 Å². The molecule has 1 atom stereocenters. The predicted octanol–water partition coefficient (Wildman–Crippen LogP) is 2.41. The van der Waals surface area contributed by atoms with Crippen molar-refractivity contribution in [2.24, 2.45) is 5.92 Å². The largest absolute Gasteiger partial charge is 0.337 e. The first kappa shape index (κ1) is 12.3. The van der Waals surface area contributed by atoms with Gasteiger partial charge in [0.25, 0.3) is 0 Å². The highest BCUT2D eigenvalue weighted by molar-refractivity contribution is 5.77. The number of hydrogen-bond donors (Lipinski definition) is 1. The third-order valence-electron chi connectivity index (χ3n) is 2.16. The smallest absolute Gasteiger partial charge is 0.221 e. The van der Waals surface area contributed by atoms with Gasteiger partial charge in [-0.3, -0.25) is 4.79 Å². The Morgan fingerprint density at radius 2 is 2.00 bits per heavy atom. The van der Waals surface area contributed by atoms with Crippen LogP contribution in [0, 0.1) is 17.2 Å². The van der Waals surface area contributed by atoms with Crippen molar-refractivity contribution >= 4 is 5.91 Å². The van der Waals surface area contributed by atoms with E-state index in [1.807, 2.05) is 44.2 Å². The Hall–Kier alpha value is -1.82. The second-order valence-electron chi connectivity index (χ2n) is 4.14. The van der Waals surface area contributed by atoms with Crippen LogP contribution in [0.1, 0.15) is 31.9 Å². The lowest BCUT2D eigenvalue weighted by Gasteiger charge is -2.12. The van der Waals surface area contributed by atoms with Crippen molar-refractivity contribution in [1.82, 2.24) is 5.32 Å². The van der Waals surface area contributed by atoms with E-state index in [1.165, 1.54) is 0 Å². The zero-order valence-corrected chi connectivity index (χ0v) is 9.60. The predicted molar refractivity (Wildman–Crippen MR) is 62.4 cm³/mol. The summed E-state index contributed by atoms with van der Waals surface area (Å²) in [5, 5.41) is 11.7. The molecule has 1 unspecified atom stereocenters. The molecular formula is C13H16N2O. The zero-order chi connectivity index (χ0) is 12.0. The Labute approximate surface area is 96.1 Å². The Morgan fingerprint density at radius 1 is 1.38 bits per heavy atom. The number of nitriles is 1. The molecule has 0 bridgehead atoms.